The highest BCUT2D eigenvalue weighted by molar-refractivity contribution is 5.71. The minimum absolute atomic E-state index is 0.102. The summed E-state index contributed by atoms with van der Waals surface area (Å²) in [5.74, 6) is -0.963. The second kappa shape index (κ2) is 59.6. The minimum Gasteiger partial charge on any atom is -0.462 e. The molecule has 0 aliphatic carbocycles. The number of hydrogen-bond acceptors (Lipinski definition) is 6. The van der Waals surface area contributed by atoms with Gasteiger partial charge in [0.1, 0.15) is 13.2 Å². The Balaban J connectivity index is 4.50. The summed E-state index contributed by atoms with van der Waals surface area (Å²) in [5.41, 5.74) is 0. The van der Waals surface area contributed by atoms with Gasteiger partial charge in [-0.1, -0.05) is 271 Å². The van der Waals surface area contributed by atoms with Crippen molar-refractivity contribution in [2.75, 3.05) is 13.2 Å². The van der Waals surface area contributed by atoms with Crippen LogP contribution in [-0.4, -0.2) is 37.2 Å². The van der Waals surface area contributed by atoms with Crippen LogP contribution >= 0.6 is 0 Å². The lowest BCUT2D eigenvalue weighted by atomic mass is 10.1. The van der Waals surface area contributed by atoms with E-state index >= 15 is 0 Å². The molecule has 0 amide bonds. The fourth-order valence-electron chi connectivity index (χ4n) is 8.17. The Morgan fingerprint density at radius 2 is 0.556 bits per heavy atom. The second-order valence-corrected chi connectivity index (χ2v) is 19.7. The third-order valence-corrected chi connectivity index (χ3v) is 12.7. The molecule has 0 saturated heterocycles. The van der Waals surface area contributed by atoms with Gasteiger partial charge in [0.25, 0.3) is 0 Å². The van der Waals surface area contributed by atoms with Crippen LogP contribution in [0.3, 0.4) is 0 Å². The molecule has 72 heavy (non-hydrogen) atoms. The van der Waals surface area contributed by atoms with Crippen LogP contribution in [0.1, 0.15) is 271 Å². The topological polar surface area (TPSA) is 78.9 Å². The Labute approximate surface area is 444 Å². The largest absolute Gasteiger partial charge is 0.462 e. The first-order chi connectivity index (χ1) is 35.5. The molecule has 0 aromatic rings. The SMILES string of the molecule is CC\C=C/C=C\C=C/C=C\C=C\C=C/CCCCCC(=O)OCC(COC(=O)CCCCCCCCC/C=C\CCCCCCCCCC)OC(=O)CCCCCCC/C=C\C=C/CCCCCCCCC. The van der Waals surface area contributed by atoms with Crippen molar-refractivity contribution in [2.24, 2.45) is 0 Å². The molecular formula is C66H110O6. The van der Waals surface area contributed by atoms with Crippen molar-refractivity contribution in [1.29, 1.82) is 0 Å². The van der Waals surface area contributed by atoms with Crippen molar-refractivity contribution in [3.8, 4) is 0 Å². The number of hydrogen-bond donors (Lipinski definition) is 0. The van der Waals surface area contributed by atoms with Gasteiger partial charge in [0.2, 0.25) is 0 Å². The molecule has 0 aromatic heterocycles. The molecular weight excluding hydrogens is 889 g/mol. The molecule has 0 aromatic carbocycles. The second-order valence-electron chi connectivity index (χ2n) is 19.7. The third kappa shape index (κ3) is 57.0. The Morgan fingerprint density at radius 1 is 0.292 bits per heavy atom. The van der Waals surface area contributed by atoms with E-state index in [1.165, 1.54) is 141 Å². The van der Waals surface area contributed by atoms with Crippen LogP contribution in [0.25, 0.3) is 0 Å². The molecule has 0 rings (SSSR count). The van der Waals surface area contributed by atoms with E-state index in [1.54, 1.807) is 0 Å². The maximum absolute atomic E-state index is 12.9. The standard InChI is InChI=1S/C66H110O6/c1-4-7-10-13-16-19-22-25-28-31-33-36-38-41-44-47-50-53-56-59-65(68)71-62-63(61-70-64(67)58-55-52-49-46-43-40-37-34-30-27-24-21-18-15-12-9-6-3)72-66(69)60-57-54-51-48-45-42-39-35-32-29-26-23-20-17-14-11-8-5-2/h9,12,15,18,21,24,27,29-35,37,39-40,43,63H,4-8,10-11,13-14,16-17,19-20,22-23,25-26,28,36,38,41-42,44-62H2,1-3H3/b12-9-,18-15-,24-21-,30-27-,32-29-,33-31-,37-34+,39-35-,43-40-. The Bertz CT molecular complexity index is 1470. The zero-order valence-corrected chi connectivity index (χ0v) is 46.9. The Hall–Kier alpha value is -3.93. The predicted octanol–water partition coefficient (Wildman–Crippen LogP) is 20.3. The zero-order chi connectivity index (χ0) is 52.2. The van der Waals surface area contributed by atoms with Crippen molar-refractivity contribution < 1.29 is 28.6 Å². The average molecular weight is 1000 g/mol. The molecule has 0 fully saturated rings. The van der Waals surface area contributed by atoms with E-state index < -0.39 is 6.10 Å². The van der Waals surface area contributed by atoms with Gasteiger partial charge in [-0.2, -0.15) is 0 Å². The van der Waals surface area contributed by atoms with Crippen molar-refractivity contribution in [3.63, 3.8) is 0 Å². The molecule has 1 atom stereocenters. The molecule has 0 radical (unpaired) electrons. The first-order valence-electron chi connectivity index (χ1n) is 30.0. The first-order valence-corrected chi connectivity index (χ1v) is 30.0. The summed E-state index contributed by atoms with van der Waals surface area (Å²) in [6.45, 7) is 6.45. The molecule has 6 nitrogen and oxygen atoms in total. The molecule has 0 heterocycles. The summed E-state index contributed by atoms with van der Waals surface area (Å²) in [6.07, 6.45) is 80.8. The lowest BCUT2D eigenvalue weighted by Gasteiger charge is -2.18. The van der Waals surface area contributed by atoms with Crippen LogP contribution in [0.4, 0.5) is 0 Å². The van der Waals surface area contributed by atoms with Crippen molar-refractivity contribution >= 4 is 17.9 Å². The first kappa shape index (κ1) is 68.1. The molecule has 0 spiro atoms. The maximum Gasteiger partial charge on any atom is 0.306 e. The summed E-state index contributed by atoms with van der Waals surface area (Å²) >= 11 is 0. The summed E-state index contributed by atoms with van der Waals surface area (Å²) in [6, 6.07) is 0. The van der Waals surface area contributed by atoms with Crippen LogP contribution in [0.5, 0.6) is 0 Å². The molecule has 1 unspecified atom stereocenters. The molecule has 0 aliphatic rings. The fourth-order valence-corrected chi connectivity index (χ4v) is 8.17. The van der Waals surface area contributed by atoms with E-state index in [0.717, 1.165) is 89.9 Å². The molecule has 0 aliphatic heterocycles. The highest BCUT2D eigenvalue weighted by Crippen LogP contribution is 2.15. The lowest BCUT2D eigenvalue weighted by Crippen LogP contribution is -2.30. The van der Waals surface area contributed by atoms with E-state index in [9.17, 15) is 14.4 Å². The number of carbonyl (C=O) groups is 3. The average Bonchev–Trinajstić information content (AvgIpc) is 3.38. The van der Waals surface area contributed by atoms with Crippen LogP contribution in [-0.2, 0) is 28.6 Å². The highest BCUT2D eigenvalue weighted by Gasteiger charge is 2.19. The Kier molecular flexibility index (Phi) is 56.4. The van der Waals surface area contributed by atoms with Crippen molar-refractivity contribution in [2.45, 2.75) is 277 Å². The zero-order valence-electron chi connectivity index (χ0n) is 46.9. The fraction of sp³-hybridized carbons (Fsp3) is 0.682. The third-order valence-electron chi connectivity index (χ3n) is 12.7. The van der Waals surface area contributed by atoms with E-state index in [4.69, 9.17) is 14.2 Å². The van der Waals surface area contributed by atoms with Crippen LogP contribution < -0.4 is 0 Å². The van der Waals surface area contributed by atoms with E-state index in [2.05, 4.69) is 69.4 Å². The number of esters is 3. The lowest BCUT2D eigenvalue weighted by molar-refractivity contribution is -0.167. The number of allylic oxidation sites excluding steroid dienone is 18. The van der Waals surface area contributed by atoms with Gasteiger partial charge in [-0.3, -0.25) is 14.4 Å². The smallest absolute Gasteiger partial charge is 0.306 e. The van der Waals surface area contributed by atoms with Gasteiger partial charge in [-0.05, 0) is 89.9 Å². The molecule has 0 N–H and O–H groups in total. The normalized spacial score (nSPS) is 12.9. The molecule has 0 saturated carbocycles. The predicted molar refractivity (Wildman–Crippen MR) is 311 cm³/mol. The number of rotatable bonds is 53. The van der Waals surface area contributed by atoms with Gasteiger partial charge in [-0.25, -0.2) is 0 Å². The van der Waals surface area contributed by atoms with Gasteiger partial charge in [0, 0.05) is 19.3 Å². The van der Waals surface area contributed by atoms with Gasteiger partial charge in [-0.15, -0.1) is 0 Å². The summed E-state index contributed by atoms with van der Waals surface area (Å²) in [7, 11) is 0. The van der Waals surface area contributed by atoms with Gasteiger partial charge in [0.05, 0.1) is 0 Å². The van der Waals surface area contributed by atoms with E-state index in [1.807, 2.05) is 60.8 Å². The van der Waals surface area contributed by atoms with Crippen molar-refractivity contribution in [1.82, 2.24) is 0 Å². The molecule has 6 heteroatoms. The highest BCUT2D eigenvalue weighted by atomic mass is 16.6. The van der Waals surface area contributed by atoms with Gasteiger partial charge >= 0.3 is 17.9 Å². The van der Waals surface area contributed by atoms with Crippen LogP contribution in [0, 0.1) is 0 Å². The summed E-state index contributed by atoms with van der Waals surface area (Å²) < 4.78 is 16.8. The van der Waals surface area contributed by atoms with Crippen LogP contribution in [0.15, 0.2) is 109 Å². The molecule has 410 valence electrons. The van der Waals surface area contributed by atoms with Crippen molar-refractivity contribution in [3.05, 3.63) is 109 Å². The Morgan fingerprint density at radius 3 is 0.917 bits per heavy atom. The summed E-state index contributed by atoms with van der Waals surface area (Å²) in [5, 5.41) is 0. The van der Waals surface area contributed by atoms with Gasteiger partial charge in [0.15, 0.2) is 6.10 Å². The van der Waals surface area contributed by atoms with Crippen LogP contribution in [0.2, 0.25) is 0 Å². The molecule has 0 bridgehead atoms. The van der Waals surface area contributed by atoms with E-state index in [-0.39, 0.29) is 31.1 Å². The summed E-state index contributed by atoms with van der Waals surface area (Å²) in [4.78, 5) is 38.2. The number of unbranched alkanes of at least 4 members (excludes halogenated alkanes) is 30. The quantitative estimate of drug-likeness (QED) is 0.0199. The monoisotopic (exact) mass is 999 g/mol. The van der Waals surface area contributed by atoms with E-state index in [0.29, 0.717) is 19.3 Å². The number of carbonyl (C=O) groups excluding carboxylic acids is 3. The number of ether oxygens (including phenoxy) is 3. The minimum atomic E-state index is -0.810. The maximum atomic E-state index is 12.9. The van der Waals surface area contributed by atoms with Gasteiger partial charge < -0.3 is 14.2 Å².